The Balaban J connectivity index is 3.00. The Labute approximate surface area is 119 Å². The first-order valence-electron chi connectivity index (χ1n) is 5.94. The average molecular weight is 310 g/mol. The van der Waals surface area contributed by atoms with Crippen molar-refractivity contribution in [2.24, 2.45) is 0 Å². The van der Waals surface area contributed by atoms with Gasteiger partial charge in [0.25, 0.3) is 0 Å². The van der Waals surface area contributed by atoms with Crippen LogP contribution in [0.25, 0.3) is 0 Å². The molecule has 1 aromatic rings. The second-order valence-electron chi connectivity index (χ2n) is 5.52. The molecule has 4 nitrogen and oxygen atoms in total. The zero-order valence-electron chi connectivity index (χ0n) is 11.7. The Morgan fingerprint density at radius 2 is 1.90 bits per heavy atom. The van der Waals surface area contributed by atoms with E-state index in [1.54, 1.807) is 0 Å². The fourth-order valence-electron chi connectivity index (χ4n) is 1.52. The summed E-state index contributed by atoms with van der Waals surface area (Å²) in [5.41, 5.74) is -0.0864. The van der Waals surface area contributed by atoms with E-state index in [0.717, 1.165) is 11.3 Å². The van der Waals surface area contributed by atoms with Gasteiger partial charge in [0.2, 0.25) is 0 Å². The van der Waals surface area contributed by atoms with Crippen molar-refractivity contribution in [1.29, 1.82) is 0 Å². The molecule has 0 fully saturated rings. The highest BCUT2D eigenvalue weighted by atomic mass is 32.1. The first-order chi connectivity index (χ1) is 8.92. The number of carboxylic acids is 1. The number of carbonyl (C=O) groups is 1. The maximum atomic E-state index is 12.2. The van der Waals surface area contributed by atoms with Crippen molar-refractivity contribution in [2.75, 3.05) is 18.5 Å². The molecule has 0 radical (unpaired) electrons. The number of alkyl halides is 3. The third-order valence-electron chi connectivity index (χ3n) is 2.58. The van der Waals surface area contributed by atoms with Crippen molar-refractivity contribution >= 4 is 22.4 Å². The Bertz CT molecular complexity index is 492. The summed E-state index contributed by atoms with van der Waals surface area (Å²) in [5.74, 6) is -1.11. The third-order valence-corrected chi connectivity index (χ3v) is 3.74. The molecular weight excluding hydrogens is 293 g/mol. The van der Waals surface area contributed by atoms with Crippen LogP contribution in [-0.2, 0) is 5.41 Å². The van der Waals surface area contributed by atoms with Gasteiger partial charge >= 0.3 is 12.1 Å². The molecule has 0 aliphatic heterocycles. The van der Waals surface area contributed by atoms with Gasteiger partial charge in [-0.1, -0.05) is 32.1 Å². The smallest absolute Gasteiger partial charge is 0.390 e. The van der Waals surface area contributed by atoms with Gasteiger partial charge in [-0.05, 0) is 0 Å². The van der Waals surface area contributed by atoms with Crippen molar-refractivity contribution in [3.8, 4) is 0 Å². The second kappa shape index (κ2) is 5.59. The van der Waals surface area contributed by atoms with E-state index in [-0.39, 0.29) is 16.6 Å². The standard InChI is InChI=1S/C12H17F3N2O2S/c1-11(2,3)8-7(9(18)19)20-10(16-8)17(4)6-5-12(13,14)15/h5-6H2,1-4H3,(H,18,19). The number of hydrogen-bond acceptors (Lipinski definition) is 4. The number of halogens is 3. The molecule has 8 heteroatoms. The van der Waals surface area contributed by atoms with Gasteiger partial charge < -0.3 is 10.0 Å². The van der Waals surface area contributed by atoms with Gasteiger partial charge in [0.05, 0.1) is 12.1 Å². The summed E-state index contributed by atoms with van der Waals surface area (Å²) in [6.07, 6.45) is -5.20. The number of thiazole rings is 1. The largest absolute Gasteiger partial charge is 0.477 e. The molecule has 0 saturated carbocycles. The topological polar surface area (TPSA) is 53.4 Å². The van der Waals surface area contributed by atoms with Crippen LogP contribution in [0.5, 0.6) is 0 Å². The van der Waals surface area contributed by atoms with Gasteiger partial charge in [0, 0.05) is 19.0 Å². The van der Waals surface area contributed by atoms with Gasteiger partial charge in [0.15, 0.2) is 5.13 Å². The molecule has 1 rings (SSSR count). The SMILES string of the molecule is CN(CCC(F)(F)F)c1nc(C(C)(C)C)c(C(=O)O)s1. The molecule has 0 saturated heterocycles. The predicted octanol–water partition coefficient (Wildman–Crippen LogP) is 3.53. The van der Waals surface area contributed by atoms with E-state index >= 15 is 0 Å². The minimum absolute atomic E-state index is 0.0753. The highest BCUT2D eigenvalue weighted by molar-refractivity contribution is 7.17. The lowest BCUT2D eigenvalue weighted by Crippen LogP contribution is -2.24. The lowest BCUT2D eigenvalue weighted by Gasteiger charge is -2.18. The monoisotopic (exact) mass is 310 g/mol. The van der Waals surface area contributed by atoms with Gasteiger partial charge in [-0.25, -0.2) is 9.78 Å². The summed E-state index contributed by atoms with van der Waals surface area (Å²) in [6, 6.07) is 0. The molecule has 0 spiro atoms. The van der Waals surface area contributed by atoms with Crippen LogP contribution in [0.4, 0.5) is 18.3 Å². The van der Waals surface area contributed by atoms with Crippen LogP contribution in [-0.4, -0.2) is 35.8 Å². The van der Waals surface area contributed by atoms with Crippen molar-refractivity contribution in [2.45, 2.75) is 38.8 Å². The van der Waals surface area contributed by atoms with Crippen LogP contribution < -0.4 is 4.90 Å². The molecule has 0 unspecified atom stereocenters. The maximum absolute atomic E-state index is 12.2. The van der Waals surface area contributed by atoms with Crippen LogP contribution in [0.2, 0.25) is 0 Å². The van der Waals surface area contributed by atoms with Crippen LogP contribution in [0, 0.1) is 0 Å². The minimum atomic E-state index is -4.24. The summed E-state index contributed by atoms with van der Waals surface area (Å²) in [7, 11) is 1.47. The lowest BCUT2D eigenvalue weighted by atomic mass is 9.91. The molecule has 1 heterocycles. The zero-order chi connectivity index (χ0) is 15.7. The van der Waals surface area contributed by atoms with Gasteiger partial charge in [0.1, 0.15) is 4.88 Å². The summed E-state index contributed by atoms with van der Waals surface area (Å²) in [6.45, 7) is 5.19. The summed E-state index contributed by atoms with van der Waals surface area (Å²) in [4.78, 5) is 16.8. The van der Waals surface area contributed by atoms with E-state index in [0.29, 0.717) is 5.69 Å². The van der Waals surface area contributed by atoms with E-state index in [4.69, 9.17) is 5.11 Å². The fraction of sp³-hybridized carbons (Fsp3) is 0.667. The summed E-state index contributed by atoms with van der Waals surface area (Å²) in [5, 5.41) is 9.44. The fourth-order valence-corrected chi connectivity index (χ4v) is 2.62. The number of hydrogen-bond donors (Lipinski definition) is 1. The average Bonchev–Trinajstić information content (AvgIpc) is 2.69. The quantitative estimate of drug-likeness (QED) is 0.924. The van der Waals surface area contributed by atoms with Crippen LogP contribution in [0.3, 0.4) is 0 Å². The van der Waals surface area contributed by atoms with Crippen LogP contribution >= 0.6 is 11.3 Å². The maximum Gasteiger partial charge on any atom is 0.390 e. The van der Waals surface area contributed by atoms with Gasteiger partial charge in [-0.2, -0.15) is 13.2 Å². The predicted molar refractivity (Wildman–Crippen MR) is 71.7 cm³/mol. The molecule has 0 aliphatic carbocycles. The second-order valence-corrected chi connectivity index (χ2v) is 6.49. The Kier molecular flexibility index (Phi) is 4.68. The number of carboxylic acid groups (broad SMARTS) is 1. The minimum Gasteiger partial charge on any atom is -0.477 e. The Morgan fingerprint density at radius 1 is 1.35 bits per heavy atom. The van der Waals surface area contributed by atoms with Crippen molar-refractivity contribution in [1.82, 2.24) is 4.98 Å². The lowest BCUT2D eigenvalue weighted by molar-refractivity contribution is -0.132. The van der Waals surface area contributed by atoms with Crippen LogP contribution in [0.15, 0.2) is 0 Å². The van der Waals surface area contributed by atoms with Crippen LogP contribution in [0.1, 0.15) is 42.6 Å². The third kappa shape index (κ3) is 4.36. The summed E-state index contributed by atoms with van der Waals surface area (Å²) < 4.78 is 36.6. The Morgan fingerprint density at radius 3 is 2.25 bits per heavy atom. The van der Waals surface area contributed by atoms with Crippen molar-refractivity contribution < 1.29 is 23.1 Å². The van der Waals surface area contributed by atoms with E-state index in [1.165, 1.54) is 11.9 Å². The molecule has 0 aromatic carbocycles. The number of rotatable bonds is 4. The van der Waals surface area contributed by atoms with E-state index < -0.39 is 24.0 Å². The van der Waals surface area contributed by atoms with E-state index in [2.05, 4.69) is 4.98 Å². The van der Waals surface area contributed by atoms with E-state index in [9.17, 15) is 18.0 Å². The first-order valence-corrected chi connectivity index (χ1v) is 6.76. The first kappa shape index (κ1) is 16.7. The van der Waals surface area contributed by atoms with Crippen molar-refractivity contribution in [3.05, 3.63) is 10.6 Å². The number of aromatic carboxylic acids is 1. The molecule has 114 valence electrons. The molecule has 0 bridgehead atoms. The summed E-state index contributed by atoms with van der Waals surface area (Å²) >= 11 is 0.901. The molecule has 0 atom stereocenters. The molecule has 20 heavy (non-hydrogen) atoms. The highest BCUT2D eigenvalue weighted by Gasteiger charge is 2.30. The number of anilines is 1. The van der Waals surface area contributed by atoms with Crippen molar-refractivity contribution in [3.63, 3.8) is 0 Å². The molecular formula is C12H17F3N2O2S. The van der Waals surface area contributed by atoms with Gasteiger partial charge in [-0.15, -0.1) is 0 Å². The molecule has 1 aromatic heterocycles. The number of aromatic nitrogens is 1. The zero-order valence-corrected chi connectivity index (χ0v) is 12.5. The van der Waals surface area contributed by atoms with Gasteiger partial charge in [-0.3, -0.25) is 0 Å². The Hall–Kier alpha value is -1.31. The molecule has 1 N–H and O–H groups in total. The highest BCUT2D eigenvalue weighted by Crippen LogP contribution is 2.34. The van der Waals surface area contributed by atoms with E-state index in [1.807, 2.05) is 20.8 Å². The molecule has 0 aliphatic rings. The normalized spacial score (nSPS) is 12.6. The number of nitrogens with zero attached hydrogens (tertiary/aromatic N) is 2. The molecule has 0 amide bonds.